The summed E-state index contributed by atoms with van der Waals surface area (Å²) in [5.41, 5.74) is 0.844. The van der Waals surface area contributed by atoms with Crippen LogP contribution in [0, 0.1) is 0 Å². The van der Waals surface area contributed by atoms with Gasteiger partial charge in [-0.3, -0.25) is 4.79 Å². The predicted molar refractivity (Wildman–Crippen MR) is 111 cm³/mol. The maximum Gasteiger partial charge on any atom is 0.229 e. The van der Waals surface area contributed by atoms with E-state index in [0.717, 1.165) is 18.4 Å². The van der Waals surface area contributed by atoms with Crippen LogP contribution in [0.3, 0.4) is 0 Å². The lowest BCUT2D eigenvalue weighted by Gasteiger charge is -2.19. The molecular formula is C22H35NO7. The second-order valence-corrected chi connectivity index (χ2v) is 7.60. The van der Waals surface area contributed by atoms with Crippen LogP contribution >= 0.6 is 0 Å². The topological polar surface area (TPSA) is 117 Å². The van der Waals surface area contributed by atoms with Crippen molar-refractivity contribution < 1.29 is 34.3 Å². The lowest BCUT2D eigenvalue weighted by Crippen LogP contribution is -2.35. The lowest BCUT2D eigenvalue weighted by molar-refractivity contribution is -0.121. The van der Waals surface area contributed by atoms with Crippen LogP contribution in [0.5, 0.6) is 11.5 Å². The average molecular weight is 426 g/mol. The number of amides is 1. The van der Waals surface area contributed by atoms with E-state index >= 15 is 0 Å². The number of methoxy groups -OCH3 is 1. The van der Waals surface area contributed by atoms with Gasteiger partial charge in [-0.15, -0.1) is 0 Å². The number of aliphatic hydroxyl groups excluding tert-OH is 3. The summed E-state index contributed by atoms with van der Waals surface area (Å²) < 4.78 is 16.3. The molecule has 0 saturated carbocycles. The zero-order valence-electron chi connectivity index (χ0n) is 17.9. The van der Waals surface area contributed by atoms with E-state index < -0.39 is 31.2 Å². The Morgan fingerprint density at radius 3 is 2.50 bits per heavy atom. The fourth-order valence-corrected chi connectivity index (χ4v) is 3.36. The summed E-state index contributed by atoms with van der Waals surface area (Å²) >= 11 is 0. The minimum absolute atomic E-state index is 0.0243. The first-order chi connectivity index (χ1) is 14.5. The molecule has 4 atom stereocenters. The van der Waals surface area contributed by atoms with Crippen molar-refractivity contribution in [3.8, 4) is 11.5 Å². The Labute approximate surface area is 178 Å². The Morgan fingerprint density at radius 1 is 1.10 bits per heavy atom. The molecule has 0 radical (unpaired) electrons. The van der Waals surface area contributed by atoms with Gasteiger partial charge in [0.15, 0.2) is 11.5 Å². The van der Waals surface area contributed by atoms with Gasteiger partial charge in [0, 0.05) is 13.0 Å². The van der Waals surface area contributed by atoms with Crippen molar-refractivity contribution in [1.29, 1.82) is 0 Å². The zero-order chi connectivity index (χ0) is 21.9. The fraction of sp³-hybridized carbons (Fsp3) is 0.682. The minimum atomic E-state index is -1.28. The molecule has 0 aromatic heterocycles. The molecule has 8 nitrogen and oxygen atoms in total. The van der Waals surface area contributed by atoms with Crippen LogP contribution < -0.4 is 14.8 Å². The molecule has 2 rings (SSSR count). The van der Waals surface area contributed by atoms with E-state index in [9.17, 15) is 20.1 Å². The molecule has 0 bridgehead atoms. The third-order valence-corrected chi connectivity index (χ3v) is 5.22. The van der Waals surface area contributed by atoms with Gasteiger partial charge in [-0.1, -0.05) is 45.1 Å². The average Bonchev–Trinajstić information content (AvgIpc) is 3.03. The van der Waals surface area contributed by atoms with E-state index in [1.54, 1.807) is 18.2 Å². The van der Waals surface area contributed by atoms with Crippen molar-refractivity contribution in [3.05, 3.63) is 23.8 Å². The largest absolute Gasteiger partial charge is 0.493 e. The van der Waals surface area contributed by atoms with Gasteiger partial charge in [-0.2, -0.15) is 0 Å². The van der Waals surface area contributed by atoms with E-state index in [2.05, 4.69) is 12.2 Å². The Kier molecular flexibility index (Phi) is 10.4. The first-order valence-corrected chi connectivity index (χ1v) is 10.7. The molecule has 0 aliphatic carbocycles. The van der Waals surface area contributed by atoms with E-state index in [1.165, 1.54) is 32.8 Å². The van der Waals surface area contributed by atoms with Crippen LogP contribution in [0.25, 0.3) is 0 Å². The molecule has 8 heteroatoms. The highest BCUT2D eigenvalue weighted by Crippen LogP contribution is 2.32. The van der Waals surface area contributed by atoms with Gasteiger partial charge in [0.05, 0.1) is 13.7 Å². The van der Waals surface area contributed by atoms with Crippen LogP contribution in [-0.4, -0.2) is 59.5 Å². The summed E-state index contributed by atoms with van der Waals surface area (Å²) in [6.45, 7) is 2.13. The number of unbranched alkanes of at least 4 members (excludes halogenated alkanes) is 5. The second-order valence-electron chi connectivity index (χ2n) is 7.60. The summed E-state index contributed by atoms with van der Waals surface area (Å²) in [7, 11) is 1.49. The summed E-state index contributed by atoms with van der Waals surface area (Å²) in [6, 6.07) is 5.18. The second kappa shape index (κ2) is 12.7. The molecule has 1 saturated heterocycles. The van der Waals surface area contributed by atoms with Gasteiger partial charge in [0.1, 0.15) is 18.3 Å². The molecule has 1 aliphatic rings. The summed E-state index contributed by atoms with van der Waals surface area (Å²) in [5.74, 6) is 0.765. The van der Waals surface area contributed by atoms with Crippen LogP contribution in [0.2, 0.25) is 0 Å². The first-order valence-electron chi connectivity index (χ1n) is 10.7. The smallest absolute Gasteiger partial charge is 0.229 e. The molecule has 1 aromatic carbocycles. The maximum absolute atomic E-state index is 12.0. The van der Waals surface area contributed by atoms with Crippen LogP contribution in [0.4, 0.5) is 0 Å². The van der Waals surface area contributed by atoms with Crippen molar-refractivity contribution >= 4 is 5.91 Å². The Bertz CT molecular complexity index is 654. The molecule has 30 heavy (non-hydrogen) atoms. The molecule has 1 aromatic rings. The molecule has 1 heterocycles. The maximum atomic E-state index is 12.0. The van der Waals surface area contributed by atoms with Gasteiger partial charge in [0.25, 0.3) is 0 Å². The molecule has 4 N–H and O–H groups in total. The number of rotatable bonds is 13. The Balaban J connectivity index is 1.82. The van der Waals surface area contributed by atoms with Crippen molar-refractivity contribution in [2.45, 2.75) is 83.0 Å². The van der Waals surface area contributed by atoms with Crippen molar-refractivity contribution in [2.24, 2.45) is 0 Å². The number of hydrogen-bond acceptors (Lipinski definition) is 7. The SMILES string of the molecule is CCCCCCCCC(=O)NCc1ccc(O[C@@H]2O[C@H](CO)[C@@H](O)[C@H]2O)c(OC)c1. The van der Waals surface area contributed by atoms with E-state index in [1.807, 2.05) is 0 Å². The van der Waals surface area contributed by atoms with E-state index in [0.29, 0.717) is 24.5 Å². The number of ether oxygens (including phenoxy) is 3. The van der Waals surface area contributed by atoms with Crippen LogP contribution in [-0.2, 0) is 16.1 Å². The molecule has 0 spiro atoms. The monoisotopic (exact) mass is 425 g/mol. The summed E-state index contributed by atoms with van der Waals surface area (Å²) in [6.07, 6.45) is 2.84. The zero-order valence-corrected chi connectivity index (χ0v) is 17.9. The van der Waals surface area contributed by atoms with Crippen LogP contribution in [0.1, 0.15) is 57.4 Å². The quantitative estimate of drug-likeness (QED) is 0.357. The normalized spacial score (nSPS) is 23.4. The first kappa shape index (κ1) is 24.4. The Hall–Kier alpha value is -1.87. The van der Waals surface area contributed by atoms with Crippen LogP contribution in [0.15, 0.2) is 18.2 Å². The molecule has 0 unspecified atom stereocenters. The number of aliphatic hydroxyl groups is 3. The molecule has 1 aliphatic heterocycles. The van der Waals surface area contributed by atoms with Gasteiger partial charge >= 0.3 is 0 Å². The van der Waals surface area contributed by atoms with E-state index in [-0.39, 0.29) is 5.91 Å². The molecule has 1 fully saturated rings. The number of carbonyl (C=O) groups is 1. The van der Waals surface area contributed by atoms with Gasteiger partial charge < -0.3 is 34.8 Å². The molecule has 170 valence electrons. The van der Waals surface area contributed by atoms with Crippen molar-refractivity contribution in [2.75, 3.05) is 13.7 Å². The number of carbonyl (C=O) groups excluding carboxylic acids is 1. The van der Waals surface area contributed by atoms with Crippen molar-refractivity contribution in [3.63, 3.8) is 0 Å². The number of benzene rings is 1. The van der Waals surface area contributed by atoms with Crippen molar-refractivity contribution in [1.82, 2.24) is 5.32 Å². The van der Waals surface area contributed by atoms with E-state index in [4.69, 9.17) is 14.2 Å². The number of nitrogens with one attached hydrogen (secondary N) is 1. The predicted octanol–water partition coefficient (Wildman–Crippen LogP) is 1.88. The standard InChI is InChI=1S/C22H35NO7/c1-3-4-5-6-7-8-9-19(25)23-13-15-10-11-16(17(12-15)28-2)29-22-21(27)20(26)18(14-24)30-22/h10-12,18,20-22,24,26-27H,3-9,13-14H2,1-2H3,(H,23,25)/t18-,20-,21-,22-/m1/s1. The third-order valence-electron chi connectivity index (χ3n) is 5.22. The third kappa shape index (κ3) is 7.12. The summed E-state index contributed by atoms with van der Waals surface area (Å²) in [5, 5.41) is 31.9. The van der Waals surface area contributed by atoms with Gasteiger partial charge in [-0.05, 0) is 24.1 Å². The van der Waals surface area contributed by atoms with Gasteiger partial charge in [0.2, 0.25) is 12.2 Å². The Morgan fingerprint density at radius 2 is 1.83 bits per heavy atom. The number of hydrogen-bond donors (Lipinski definition) is 4. The highest BCUT2D eigenvalue weighted by atomic mass is 16.7. The minimum Gasteiger partial charge on any atom is -0.493 e. The highest BCUT2D eigenvalue weighted by molar-refractivity contribution is 5.75. The molecular weight excluding hydrogens is 390 g/mol. The molecule has 1 amide bonds. The van der Waals surface area contributed by atoms with Gasteiger partial charge in [-0.25, -0.2) is 0 Å². The fourth-order valence-electron chi connectivity index (χ4n) is 3.36. The lowest BCUT2D eigenvalue weighted by atomic mass is 10.1. The highest BCUT2D eigenvalue weighted by Gasteiger charge is 2.44. The summed E-state index contributed by atoms with van der Waals surface area (Å²) in [4.78, 5) is 12.0.